The van der Waals surface area contributed by atoms with Gasteiger partial charge in [-0.25, -0.2) is 0 Å². The molecule has 2 aromatic rings. The fourth-order valence-corrected chi connectivity index (χ4v) is 2.94. The molecule has 0 spiro atoms. The van der Waals surface area contributed by atoms with Crippen LogP contribution in [-0.4, -0.2) is 32.0 Å². The van der Waals surface area contributed by atoms with Gasteiger partial charge in [0.05, 0.1) is 6.10 Å². The Balaban J connectivity index is 2.09. The van der Waals surface area contributed by atoms with E-state index in [-0.39, 0.29) is 12.5 Å². The van der Waals surface area contributed by atoms with Crippen LogP contribution in [-0.2, 0) is 32.6 Å². The summed E-state index contributed by atoms with van der Waals surface area (Å²) in [4.78, 5) is 12.4. The average Bonchev–Trinajstić information content (AvgIpc) is 2.65. The largest absolute Gasteiger partial charge is 0.534 e. The van der Waals surface area contributed by atoms with Gasteiger partial charge in [-0.1, -0.05) is 42.5 Å². The number of carbonyl (C=O) groups is 1. The Morgan fingerprint density at radius 3 is 2.13 bits per heavy atom. The molecule has 164 valence electrons. The molecule has 0 aliphatic heterocycles. The lowest BCUT2D eigenvalue weighted by Crippen LogP contribution is -2.40. The van der Waals surface area contributed by atoms with E-state index in [1.54, 1.807) is 13.8 Å². The first kappa shape index (κ1) is 23.7. The zero-order valence-electron chi connectivity index (χ0n) is 16.3. The van der Waals surface area contributed by atoms with E-state index in [1.807, 2.05) is 30.3 Å². The molecule has 0 saturated carbocycles. The number of esters is 1. The van der Waals surface area contributed by atoms with Crippen molar-refractivity contribution in [2.75, 3.05) is 0 Å². The highest BCUT2D eigenvalue weighted by Crippen LogP contribution is 2.27. The number of benzene rings is 2. The third-order valence-corrected chi connectivity index (χ3v) is 4.86. The molecule has 0 radical (unpaired) electrons. The molecule has 0 aromatic heterocycles. The highest BCUT2D eigenvalue weighted by atomic mass is 32.2. The van der Waals surface area contributed by atoms with E-state index in [9.17, 15) is 26.4 Å². The van der Waals surface area contributed by atoms with Gasteiger partial charge in [-0.15, -0.1) is 0 Å². The maximum Gasteiger partial charge on any atom is 0.534 e. The van der Waals surface area contributed by atoms with Gasteiger partial charge in [-0.3, -0.25) is 4.79 Å². The first-order valence-corrected chi connectivity index (χ1v) is 10.5. The monoisotopic (exact) mass is 445 g/mol. The summed E-state index contributed by atoms with van der Waals surface area (Å²) in [5.41, 5.74) is -3.97. The third kappa shape index (κ3) is 7.03. The van der Waals surface area contributed by atoms with E-state index in [0.717, 1.165) is 17.7 Å². The number of halogens is 3. The summed E-state index contributed by atoms with van der Waals surface area (Å²) in [5.74, 6) is -0.949. The second-order valence-electron chi connectivity index (χ2n) is 6.74. The molecule has 0 heterocycles. The van der Waals surface area contributed by atoms with E-state index in [1.165, 1.54) is 12.1 Å². The van der Waals surface area contributed by atoms with Crippen molar-refractivity contribution in [3.05, 3.63) is 65.7 Å². The quantitative estimate of drug-likeness (QED) is 0.361. The van der Waals surface area contributed by atoms with Crippen molar-refractivity contribution in [3.63, 3.8) is 0 Å². The van der Waals surface area contributed by atoms with Crippen molar-refractivity contribution < 1.29 is 35.3 Å². The van der Waals surface area contributed by atoms with Crippen LogP contribution in [0.1, 0.15) is 25.0 Å². The molecule has 1 unspecified atom stereocenters. The number of carbonyl (C=O) groups excluding carboxylic acids is 1. The Hall–Kier alpha value is -2.59. The van der Waals surface area contributed by atoms with Crippen molar-refractivity contribution in [2.24, 2.45) is 0 Å². The van der Waals surface area contributed by atoms with Crippen molar-refractivity contribution in [3.8, 4) is 5.75 Å². The Labute approximate surface area is 173 Å². The Morgan fingerprint density at radius 1 is 1.00 bits per heavy atom. The smallest absolute Gasteiger partial charge is 0.462 e. The highest BCUT2D eigenvalue weighted by Gasteiger charge is 2.48. The van der Waals surface area contributed by atoms with Crippen molar-refractivity contribution in [1.82, 2.24) is 5.32 Å². The van der Waals surface area contributed by atoms with E-state index in [0.29, 0.717) is 12.1 Å². The molecule has 0 aliphatic carbocycles. The van der Waals surface area contributed by atoms with Crippen molar-refractivity contribution in [1.29, 1.82) is 0 Å². The van der Waals surface area contributed by atoms with Crippen LogP contribution in [0.4, 0.5) is 13.2 Å². The average molecular weight is 445 g/mol. The highest BCUT2D eigenvalue weighted by molar-refractivity contribution is 7.88. The summed E-state index contributed by atoms with van der Waals surface area (Å²) < 4.78 is 68.7. The predicted octanol–water partition coefficient (Wildman–Crippen LogP) is 3.57. The van der Waals surface area contributed by atoms with Crippen LogP contribution in [0.2, 0.25) is 0 Å². The second-order valence-corrected chi connectivity index (χ2v) is 8.27. The molecule has 2 rings (SSSR count). The Morgan fingerprint density at radius 2 is 1.60 bits per heavy atom. The third-order valence-electron chi connectivity index (χ3n) is 3.88. The summed E-state index contributed by atoms with van der Waals surface area (Å²) in [6, 6.07) is 13.7. The van der Waals surface area contributed by atoms with Crippen LogP contribution in [0.25, 0.3) is 0 Å². The van der Waals surface area contributed by atoms with Gasteiger partial charge in [0, 0.05) is 6.54 Å². The van der Waals surface area contributed by atoms with Gasteiger partial charge in [-0.2, -0.15) is 21.6 Å². The topological polar surface area (TPSA) is 81.7 Å². The van der Waals surface area contributed by atoms with Crippen LogP contribution in [0.15, 0.2) is 54.6 Å². The van der Waals surface area contributed by atoms with Gasteiger partial charge in [0.15, 0.2) is 0 Å². The maximum atomic E-state index is 12.4. The standard InChI is InChI=1S/C20H22F3NO5S/c1-14(2)28-19(25)18(24-13-16-6-4-3-5-7-16)12-15-8-10-17(11-9-15)29-30(26,27)20(21,22)23/h3-11,14,18,24H,12-13H2,1-2H3. The molecular formula is C20H22F3NO5S. The van der Waals surface area contributed by atoms with Gasteiger partial charge in [0.2, 0.25) is 0 Å². The van der Waals surface area contributed by atoms with E-state index in [4.69, 9.17) is 4.74 Å². The predicted molar refractivity (Wildman–Crippen MR) is 104 cm³/mol. The molecule has 0 amide bonds. The lowest BCUT2D eigenvalue weighted by atomic mass is 10.1. The first-order chi connectivity index (χ1) is 14.0. The molecule has 0 aliphatic rings. The summed E-state index contributed by atoms with van der Waals surface area (Å²) in [5, 5.41) is 3.11. The molecule has 1 atom stereocenters. The normalized spacial score (nSPS) is 13.1. The van der Waals surface area contributed by atoms with Crippen LogP contribution in [0.5, 0.6) is 5.75 Å². The van der Waals surface area contributed by atoms with Crippen LogP contribution in [0.3, 0.4) is 0 Å². The number of ether oxygens (including phenoxy) is 1. The van der Waals surface area contributed by atoms with Gasteiger partial charge in [-0.05, 0) is 43.5 Å². The molecule has 0 fully saturated rings. The van der Waals surface area contributed by atoms with E-state index < -0.39 is 33.4 Å². The van der Waals surface area contributed by atoms with Crippen molar-refractivity contribution >= 4 is 16.1 Å². The van der Waals surface area contributed by atoms with Gasteiger partial charge in [0.25, 0.3) is 0 Å². The molecule has 1 N–H and O–H groups in total. The lowest BCUT2D eigenvalue weighted by Gasteiger charge is -2.19. The van der Waals surface area contributed by atoms with Gasteiger partial charge in [0.1, 0.15) is 11.8 Å². The van der Waals surface area contributed by atoms with Crippen molar-refractivity contribution in [2.45, 2.75) is 44.5 Å². The number of alkyl halides is 3. The second kappa shape index (κ2) is 9.94. The van der Waals surface area contributed by atoms with Crippen LogP contribution < -0.4 is 9.50 Å². The fraction of sp³-hybridized carbons (Fsp3) is 0.350. The summed E-state index contributed by atoms with van der Waals surface area (Å²) >= 11 is 0. The number of hydrogen-bond donors (Lipinski definition) is 1. The van der Waals surface area contributed by atoms with Gasteiger partial charge >= 0.3 is 21.6 Å². The lowest BCUT2D eigenvalue weighted by molar-refractivity contribution is -0.150. The summed E-state index contributed by atoms with van der Waals surface area (Å²) in [7, 11) is -5.74. The summed E-state index contributed by atoms with van der Waals surface area (Å²) in [6.07, 6.45) is -0.133. The number of rotatable bonds is 9. The molecule has 6 nitrogen and oxygen atoms in total. The maximum absolute atomic E-state index is 12.4. The SMILES string of the molecule is CC(C)OC(=O)C(Cc1ccc(OS(=O)(=O)C(F)(F)F)cc1)NCc1ccccc1. The fourth-order valence-electron chi connectivity index (χ4n) is 2.48. The van der Waals surface area contributed by atoms with Crippen LogP contribution in [0, 0.1) is 0 Å². The Kier molecular flexibility index (Phi) is 7.85. The molecule has 10 heteroatoms. The zero-order chi connectivity index (χ0) is 22.4. The molecular weight excluding hydrogens is 423 g/mol. The first-order valence-electron chi connectivity index (χ1n) is 9.05. The number of nitrogens with one attached hydrogen (secondary N) is 1. The summed E-state index contributed by atoms with van der Waals surface area (Å²) in [6.45, 7) is 3.85. The molecule has 0 saturated heterocycles. The number of hydrogen-bond acceptors (Lipinski definition) is 6. The van der Waals surface area contributed by atoms with Gasteiger partial charge < -0.3 is 14.2 Å². The van der Waals surface area contributed by atoms with E-state index >= 15 is 0 Å². The minimum atomic E-state index is -5.74. The molecule has 30 heavy (non-hydrogen) atoms. The zero-order valence-corrected chi connectivity index (χ0v) is 17.2. The molecule has 0 bridgehead atoms. The minimum Gasteiger partial charge on any atom is -0.462 e. The Bertz CT molecular complexity index is 929. The van der Waals surface area contributed by atoms with E-state index in [2.05, 4.69) is 9.50 Å². The molecule has 2 aromatic carbocycles. The van der Waals surface area contributed by atoms with Crippen LogP contribution >= 0.6 is 0 Å². The minimum absolute atomic E-state index is 0.185.